The molecule has 112 valence electrons. The zero-order valence-corrected chi connectivity index (χ0v) is 12.5. The van der Waals surface area contributed by atoms with Crippen LogP contribution in [0.4, 0.5) is 0 Å². The standard InChI is InChI=1S/C15H14N4O2S/c20-13(17-9-11-2-1-6-16-8-11)3-4-14-18-19-15(21-14)12-5-7-22-10-12/h1-2,5-8,10H,3-4,9H2,(H,17,20). The molecule has 1 N–H and O–H groups in total. The summed E-state index contributed by atoms with van der Waals surface area (Å²) in [5, 5.41) is 14.7. The van der Waals surface area contributed by atoms with Gasteiger partial charge in [0.15, 0.2) is 0 Å². The Bertz CT molecular complexity index is 725. The van der Waals surface area contributed by atoms with E-state index in [2.05, 4.69) is 20.5 Å². The van der Waals surface area contributed by atoms with Crippen molar-refractivity contribution in [1.82, 2.24) is 20.5 Å². The Morgan fingerprint density at radius 1 is 1.32 bits per heavy atom. The summed E-state index contributed by atoms with van der Waals surface area (Å²) in [4.78, 5) is 15.8. The van der Waals surface area contributed by atoms with Gasteiger partial charge >= 0.3 is 0 Å². The van der Waals surface area contributed by atoms with Crippen molar-refractivity contribution in [3.63, 3.8) is 0 Å². The average Bonchev–Trinajstić information content (AvgIpc) is 3.22. The lowest BCUT2D eigenvalue weighted by Gasteiger charge is -2.03. The zero-order chi connectivity index (χ0) is 15.2. The number of aromatic nitrogens is 3. The van der Waals surface area contributed by atoms with Crippen LogP contribution >= 0.6 is 11.3 Å². The summed E-state index contributed by atoms with van der Waals surface area (Å²) in [6.45, 7) is 0.469. The van der Waals surface area contributed by atoms with Crippen molar-refractivity contribution in [2.45, 2.75) is 19.4 Å². The van der Waals surface area contributed by atoms with Gasteiger partial charge in [0.2, 0.25) is 17.7 Å². The molecule has 0 radical (unpaired) electrons. The van der Waals surface area contributed by atoms with Gasteiger partial charge in [-0.3, -0.25) is 9.78 Å². The number of carbonyl (C=O) groups is 1. The fourth-order valence-electron chi connectivity index (χ4n) is 1.87. The minimum Gasteiger partial charge on any atom is -0.421 e. The van der Waals surface area contributed by atoms with Crippen LogP contribution in [0, 0.1) is 0 Å². The van der Waals surface area contributed by atoms with Crippen LogP contribution < -0.4 is 5.32 Å². The van der Waals surface area contributed by atoms with Crippen molar-refractivity contribution < 1.29 is 9.21 Å². The second-order valence-corrected chi connectivity index (χ2v) is 5.43. The lowest BCUT2D eigenvalue weighted by Crippen LogP contribution is -2.23. The summed E-state index contributed by atoms with van der Waals surface area (Å²) in [6.07, 6.45) is 4.17. The van der Waals surface area contributed by atoms with Gasteiger partial charge in [0, 0.05) is 42.7 Å². The Labute approximate surface area is 131 Å². The normalized spacial score (nSPS) is 10.5. The predicted octanol–water partition coefficient (Wildman–Crippen LogP) is 2.44. The van der Waals surface area contributed by atoms with E-state index in [1.54, 1.807) is 23.7 Å². The van der Waals surface area contributed by atoms with Gasteiger partial charge in [-0.1, -0.05) is 6.07 Å². The molecule has 3 aromatic heterocycles. The highest BCUT2D eigenvalue weighted by Gasteiger charge is 2.10. The molecule has 0 atom stereocenters. The average molecular weight is 314 g/mol. The van der Waals surface area contributed by atoms with Gasteiger partial charge in [-0.15, -0.1) is 10.2 Å². The highest BCUT2D eigenvalue weighted by Crippen LogP contribution is 2.20. The smallest absolute Gasteiger partial charge is 0.248 e. The number of pyridine rings is 1. The van der Waals surface area contributed by atoms with E-state index in [1.807, 2.05) is 29.0 Å². The Morgan fingerprint density at radius 2 is 2.27 bits per heavy atom. The number of rotatable bonds is 6. The molecule has 7 heteroatoms. The number of carbonyl (C=O) groups excluding carboxylic acids is 1. The topological polar surface area (TPSA) is 80.9 Å². The van der Waals surface area contributed by atoms with Crippen LogP contribution in [0.15, 0.2) is 45.8 Å². The fraction of sp³-hybridized carbons (Fsp3) is 0.200. The summed E-state index contributed by atoms with van der Waals surface area (Å²) in [5.41, 5.74) is 1.87. The first-order valence-corrected chi connectivity index (χ1v) is 7.76. The van der Waals surface area contributed by atoms with Crippen molar-refractivity contribution in [2.24, 2.45) is 0 Å². The van der Waals surface area contributed by atoms with E-state index < -0.39 is 0 Å². The van der Waals surface area contributed by atoms with E-state index in [9.17, 15) is 4.79 Å². The van der Waals surface area contributed by atoms with Crippen LogP contribution in [0.1, 0.15) is 17.9 Å². The molecule has 0 aliphatic heterocycles. The first-order valence-electron chi connectivity index (χ1n) is 6.82. The van der Waals surface area contributed by atoms with Gasteiger partial charge in [0.1, 0.15) is 0 Å². The molecule has 0 aliphatic carbocycles. The third kappa shape index (κ3) is 3.76. The van der Waals surface area contributed by atoms with Crippen LogP contribution in [0.3, 0.4) is 0 Å². The second-order valence-electron chi connectivity index (χ2n) is 4.65. The SMILES string of the molecule is O=C(CCc1nnc(-c2ccsc2)o1)NCc1cccnc1. The number of aryl methyl sites for hydroxylation is 1. The van der Waals surface area contributed by atoms with Crippen molar-refractivity contribution in [1.29, 1.82) is 0 Å². The highest BCUT2D eigenvalue weighted by atomic mass is 32.1. The molecule has 0 saturated carbocycles. The Balaban J connectivity index is 1.47. The van der Waals surface area contributed by atoms with Crippen LogP contribution in [0.25, 0.3) is 11.5 Å². The minimum absolute atomic E-state index is 0.0564. The molecular weight excluding hydrogens is 300 g/mol. The lowest BCUT2D eigenvalue weighted by atomic mass is 10.2. The molecule has 3 aromatic rings. The van der Waals surface area contributed by atoms with Crippen LogP contribution in [0.2, 0.25) is 0 Å². The van der Waals surface area contributed by atoms with Gasteiger partial charge in [-0.25, -0.2) is 0 Å². The molecule has 3 rings (SSSR count). The number of amides is 1. The molecular formula is C15H14N4O2S. The first kappa shape index (κ1) is 14.4. The minimum atomic E-state index is -0.0564. The van der Waals surface area contributed by atoms with Crippen molar-refractivity contribution >= 4 is 17.2 Å². The van der Waals surface area contributed by atoms with Crippen molar-refractivity contribution in [2.75, 3.05) is 0 Å². The van der Waals surface area contributed by atoms with Gasteiger partial charge in [0.05, 0.1) is 0 Å². The summed E-state index contributed by atoms with van der Waals surface area (Å²) in [5.74, 6) is 0.906. The largest absolute Gasteiger partial charge is 0.421 e. The number of hydrogen-bond acceptors (Lipinski definition) is 6. The molecule has 0 aliphatic rings. The molecule has 6 nitrogen and oxygen atoms in total. The fourth-order valence-corrected chi connectivity index (χ4v) is 2.50. The maximum atomic E-state index is 11.8. The third-order valence-corrected chi connectivity index (χ3v) is 3.70. The molecule has 0 saturated heterocycles. The Kier molecular flexibility index (Phi) is 4.55. The summed E-state index contributed by atoms with van der Waals surface area (Å²) in [7, 11) is 0. The number of nitrogens with zero attached hydrogens (tertiary/aromatic N) is 3. The van der Waals surface area contributed by atoms with Gasteiger partial charge in [-0.05, 0) is 23.1 Å². The van der Waals surface area contributed by atoms with E-state index >= 15 is 0 Å². The summed E-state index contributed by atoms with van der Waals surface area (Å²) < 4.78 is 5.54. The molecule has 1 amide bonds. The van der Waals surface area contributed by atoms with Crippen LogP contribution in [-0.4, -0.2) is 21.1 Å². The molecule has 22 heavy (non-hydrogen) atoms. The van der Waals surface area contributed by atoms with Crippen molar-refractivity contribution in [3.05, 3.63) is 52.8 Å². The molecule has 3 heterocycles. The number of thiophene rings is 1. The zero-order valence-electron chi connectivity index (χ0n) is 11.7. The molecule has 0 bridgehead atoms. The monoisotopic (exact) mass is 314 g/mol. The van der Waals surface area contributed by atoms with E-state index in [4.69, 9.17) is 4.42 Å². The van der Waals surface area contributed by atoms with Gasteiger partial charge in [0.25, 0.3) is 0 Å². The number of nitrogens with one attached hydrogen (secondary N) is 1. The summed E-state index contributed by atoms with van der Waals surface area (Å²) in [6, 6.07) is 5.67. The molecule has 0 unspecified atom stereocenters. The second kappa shape index (κ2) is 6.95. The third-order valence-electron chi connectivity index (χ3n) is 3.01. The summed E-state index contributed by atoms with van der Waals surface area (Å²) >= 11 is 1.57. The van der Waals surface area contributed by atoms with E-state index in [-0.39, 0.29) is 5.91 Å². The maximum Gasteiger partial charge on any atom is 0.248 e. The van der Waals surface area contributed by atoms with Gasteiger partial charge < -0.3 is 9.73 Å². The Morgan fingerprint density at radius 3 is 3.05 bits per heavy atom. The van der Waals surface area contributed by atoms with E-state index in [1.165, 1.54) is 0 Å². The maximum absolute atomic E-state index is 11.8. The Hall–Kier alpha value is -2.54. The highest BCUT2D eigenvalue weighted by molar-refractivity contribution is 7.08. The lowest BCUT2D eigenvalue weighted by molar-refractivity contribution is -0.121. The molecule has 0 spiro atoms. The first-order chi connectivity index (χ1) is 10.8. The van der Waals surface area contributed by atoms with Crippen molar-refractivity contribution in [3.8, 4) is 11.5 Å². The quantitative estimate of drug-likeness (QED) is 0.756. The van der Waals surface area contributed by atoms with E-state index in [0.717, 1.165) is 11.1 Å². The predicted molar refractivity (Wildman–Crippen MR) is 82.0 cm³/mol. The number of hydrogen-bond donors (Lipinski definition) is 1. The molecule has 0 fully saturated rings. The van der Waals surface area contributed by atoms with Crippen LogP contribution in [-0.2, 0) is 17.8 Å². The van der Waals surface area contributed by atoms with Gasteiger partial charge in [-0.2, -0.15) is 11.3 Å². The van der Waals surface area contributed by atoms with Crippen LogP contribution in [0.5, 0.6) is 0 Å². The van der Waals surface area contributed by atoms with E-state index in [0.29, 0.717) is 31.2 Å². The molecule has 0 aromatic carbocycles.